The minimum Gasteiger partial charge on any atom is -0.508 e. The molecule has 0 spiro atoms. The predicted octanol–water partition coefficient (Wildman–Crippen LogP) is -3.94. The molecule has 0 unspecified atom stereocenters. The highest BCUT2D eigenvalue weighted by Gasteiger charge is 2.36. The van der Waals surface area contributed by atoms with Gasteiger partial charge in [-0.25, -0.2) is 4.79 Å². The van der Waals surface area contributed by atoms with Crippen LogP contribution in [0.5, 0.6) is 11.5 Å². The lowest BCUT2D eigenvalue weighted by Gasteiger charge is -2.28. The van der Waals surface area contributed by atoms with E-state index in [0.29, 0.717) is 29.5 Å². The van der Waals surface area contributed by atoms with Gasteiger partial charge < -0.3 is 90.8 Å². The minimum absolute atomic E-state index is 0.00609. The molecule has 424 valence electrons. The molecular formula is C50H68N12O16. The smallest absolute Gasteiger partial charge is 0.326 e. The van der Waals surface area contributed by atoms with Gasteiger partial charge in [-0.2, -0.15) is 0 Å². The topological polar surface area (TPSA) is 493 Å². The Morgan fingerprint density at radius 2 is 0.821 bits per heavy atom. The van der Waals surface area contributed by atoms with Gasteiger partial charge in [0.25, 0.3) is 0 Å². The number of aliphatic hydroxyl groups is 1. The Morgan fingerprint density at radius 3 is 1.23 bits per heavy atom. The third-order valence-corrected chi connectivity index (χ3v) is 11.6. The molecule has 0 saturated carbocycles. The van der Waals surface area contributed by atoms with E-state index in [-0.39, 0.29) is 62.7 Å². The lowest BCUT2D eigenvalue weighted by Crippen LogP contribution is -2.61. The van der Waals surface area contributed by atoms with E-state index in [0.717, 1.165) is 0 Å². The lowest BCUT2D eigenvalue weighted by atomic mass is 10.0. The standard InChI is InChI=1S/C50H68N12O16/c51-19-5-4-9-33(56-42(70)32(52)26-63)43(71)57-34(10-6-20-55-50(53)54)44(72)60-37(24-40(66)67)47(75)59-36(22-28-11-15-30(64)16-12-28)45(73)58-35(21-27-7-2-1-3-8-27)46(74)61-38(25-41(68)69)48(76)62-39(49(77)78)23-29-13-17-31(65)18-14-29/h1-3,7-8,11-18,32-39,63-65H,4-6,9-10,19-26,51-52H2,(H,56,70)(H,57,71)(H,58,73)(H,59,75)(H,60,72)(H,61,74)(H,62,76)(H,66,67)(H,68,69)(H,77,78)(H4,53,54,55)/t32-,33-,34-,35-,36-,37-,38-,39-/m0/s1. The van der Waals surface area contributed by atoms with Crippen LogP contribution in [0.4, 0.5) is 0 Å². The van der Waals surface area contributed by atoms with Gasteiger partial charge in [-0.15, -0.1) is 0 Å². The zero-order valence-corrected chi connectivity index (χ0v) is 42.3. The fourth-order valence-electron chi connectivity index (χ4n) is 7.50. The van der Waals surface area contributed by atoms with Crippen molar-refractivity contribution in [1.82, 2.24) is 37.2 Å². The zero-order chi connectivity index (χ0) is 57.9. The summed E-state index contributed by atoms with van der Waals surface area (Å²) in [5, 5.41) is 75.3. The Bertz CT molecular complexity index is 2550. The number of carbonyl (C=O) groups is 10. The van der Waals surface area contributed by atoms with Gasteiger partial charge in [0.2, 0.25) is 41.4 Å². The molecule has 78 heavy (non-hydrogen) atoms. The monoisotopic (exact) mass is 1090 g/mol. The van der Waals surface area contributed by atoms with E-state index in [4.69, 9.17) is 22.9 Å². The van der Waals surface area contributed by atoms with Gasteiger partial charge in [0.1, 0.15) is 59.8 Å². The van der Waals surface area contributed by atoms with Crippen molar-refractivity contribution in [3.63, 3.8) is 0 Å². The van der Waals surface area contributed by atoms with E-state index >= 15 is 0 Å². The number of benzene rings is 3. The summed E-state index contributed by atoms with van der Waals surface area (Å²) in [4.78, 5) is 137. The van der Waals surface area contributed by atoms with Crippen molar-refractivity contribution in [3.8, 4) is 11.5 Å². The molecule has 0 aliphatic rings. The number of guanidine groups is 1. The predicted molar refractivity (Wildman–Crippen MR) is 277 cm³/mol. The number of carbonyl (C=O) groups excluding carboxylic acids is 7. The molecule has 0 aromatic heterocycles. The molecule has 21 N–H and O–H groups in total. The Kier molecular flexibility index (Phi) is 26.4. The average Bonchev–Trinajstić information content (AvgIpc) is 3.38. The molecule has 0 heterocycles. The summed E-state index contributed by atoms with van der Waals surface area (Å²) in [6.45, 7) is -0.577. The van der Waals surface area contributed by atoms with Crippen LogP contribution in [-0.2, 0) is 67.2 Å². The van der Waals surface area contributed by atoms with Gasteiger partial charge in [-0.3, -0.25) is 48.1 Å². The Hall–Kier alpha value is -8.89. The number of phenolic OH excluding ortho intramolecular Hbond substituents is 2. The van der Waals surface area contributed by atoms with Gasteiger partial charge in [-0.05, 0) is 79.6 Å². The summed E-state index contributed by atoms with van der Waals surface area (Å²) in [5.41, 5.74) is 23.2. The first-order valence-corrected chi connectivity index (χ1v) is 24.5. The molecule has 3 aromatic rings. The number of carboxylic acids is 3. The molecule has 0 aliphatic heterocycles. The molecule has 0 aliphatic carbocycles. The quantitative estimate of drug-likeness (QED) is 0.0154. The summed E-state index contributed by atoms with van der Waals surface area (Å²) in [7, 11) is 0. The molecule has 0 saturated heterocycles. The number of phenols is 2. The first kappa shape index (κ1) is 63.4. The normalized spacial score (nSPS) is 13.9. The second kappa shape index (κ2) is 32.5. The second-order valence-electron chi connectivity index (χ2n) is 17.9. The minimum atomic E-state index is -1.98. The van der Waals surface area contributed by atoms with Crippen molar-refractivity contribution in [2.45, 2.75) is 113 Å². The first-order valence-electron chi connectivity index (χ1n) is 24.5. The summed E-state index contributed by atoms with van der Waals surface area (Å²) in [6.07, 6.45) is -2.63. The number of aliphatic hydroxyl groups excluding tert-OH is 1. The maximum Gasteiger partial charge on any atom is 0.326 e. The van der Waals surface area contributed by atoms with Crippen LogP contribution in [0.2, 0.25) is 0 Å². The summed E-state index contributed by atoms with van der Waals surface area (Å²) in [6, 6.07) is 5.44. The van der Waals surface area contributed by atoms with Gasteiger partial charge in [0, 0.05) is 25.8 Å². The van der Waals surface area contributed by atoms with Crippen LogP contribution >= 0.6 is 0 Å². The van der Waals surface area contributed by atoms with E-state index in [1.54, 1.807) is 30.3 Å². The van der Waals surface area contributed by atoms with Gasteiger partial charge in [0.05, 0.1) is 19.4 Å². The van der Waals surface area contributed by atoms with Crippen LogP contribution in [0.25, 0.3) is 0 Å². The first-order chi connectivity index (χ1) is 37.0. The fraction of sp³-hybridized carbons (Fsp3) is 0.420. The molecule has 3 aromatic carbocycles. The molecule has 0 fully saturated rings. The van der Waals surface area contributed by atoms with Crippen LogP contribution in [0.3, 0.4) is 0 Å². The van der Waals surface area contributed by atoms with Crippen molar-refractivity contribution in [2.24, 2.45) is 27.9 Å². The van der Waals surface area contributed by atoms with Crippen LogP contribution < -0.4 is 60.2 Å². The second-order valence-corrected chi connectivity index (χ2v) is 17.9. The summed E-state index contributed by atoms with van der Waals surface area (Å²) >= 11 is 0. The number of aliphatic imine (C=N–C) groups is 1. The Labute approximate surface area is 447 Å². The van der Waals surface area contributed by atoms with E-state index in [1.165, 1.54) is 48.5 Å². The van der Waals surface area contributed by atoms with Gasteiger partial charge in [-0.1, -0.05) is 54.6 Å². The number of hydrogen-bond acceptors (Lipinski definition) is 16. The number of aliphatic carboxylic acids is 3. The number of nitrogens with zero attached hydrogens (tertiary/aromatic N) is 1. The number of nitrogens with two attached hydrogens (primary N) is 4. The summed E-state index contributed by atoms with van der Waals surface area (Å²) in [5.74, 6) is -12.9. The maximum atomic E-state index is 14.5. The highest BCUT2D eigenvalue weighted by Crippen LogP contribution is 2.15. The number of carboxylic acid groups (broad SMARTS) is 3. The molecule has 0 radical (unpaired) electrons. The zero-order valence-electron chi connectivity index (χ0n) is 42.3. The molecular weight excluding hydrogens is 1020 g/mol. The lowest BCUT2D eigenvalue weighted by molar-refractivity contribution is -0.144. The molecule has 28 heteroatoms. The van der Waals surface area contributed by atoms with Crippen LogP contribution in [0.15, 0.2) is 83.9 Å². The maximum absolute atomic E-state index is 14.5. The largest absolute Gasteiger partial charge is 0.508 e. The number of unbranched alkanes of at least 4 members (excludes halogenated alkanes) is 1. The molecule has 3 rings (SSSR count). The van der Waals surface area contributed by atoms with Crippen molar-refractivity contribution in [3.05, 3.63) is 95.6 Å². The van der Waals surface area contributed by atoms with Gasteiger partial charge in [0.15, 0.2) is 5.96 Å². The van der Waals surface area contributed by atoms with E-state index in [1.807, 2.05) is 0 Å². The SMILES string of the molecule is NCCCC[C@H](NC(=O)[C@@H](N)CO)C(=O)N[C@@H](CCCN=C(N)N)C(=O)N[C@@H](CC(=O)O)C(=O)N[C@@H](Cc1ccc(O)cc1)C(=O)N[C@@H](Cc1ccccc1)C(=O)N[C@@H](CC(=O)O)C(=O)N[C@@H](Cc1ccc(O)cc1)C(=O)O. The van der Waals surface area contributed by atoms with Crippen LogP contribution in [-0.4, -0.2) is 164 Å². The van der Waals surface area contributed by atoms with Crippen molar-refractivity contribution < 1.29 is 78.6 Å². The Morgan fingerprint density at radius 1 is 0.462 bits per heavy atom. The highest BCUT2D eigenvalue weighted by molar-refractivity contribution is 5.99. The highest BCUT2D eigenvalue weighted by atomic mass is 16.4. The molecule has 0 bridgehead atoms. The number of nitrogens with one attached hydrogen (secondary N) is 7. The van der Waals surface area contributed by atoms with Crippen LogP contribution in [0.1, 0.15) is 61.6 Å². The van der Waals surface area contributed by atoms with Crippen molar-refractivity contribution in [1.29, 1.82) is 0 Å². The van der Waals surface area contributed by atoms with Crippen molar-refractivity contribution in [2.75, 3.05) is 19.7 Å². The van der Waals surface area contributed by atoms with E-state index in [2.05, 4.69) is 42.2 Å². The van der Waals surface area contributed by atoms with Crippen molar-refractivity contribution >= 4 is 65.2 Å². The number of hydrogen-bond donors (Lipinski definition) is 17. The number of aromatic hydroxyl groups is 2. The fourth-order valence-corrected chi connectivity index (χ4v) is 7.50. The molecule has 7 amide bonds. The Balaban J connectivity index is 2.00. The third-order valence-electron chi connectivity index (χ3n) is 11.6. The van der Waals surface area contributed by atoms with E-state index < -0.39 is 133 Å². The third kappa shape index (κ3) is 22.9. The summed E-state index contributed by atoms with van der Waals surface area (Å²) < 4.78 is 0. The number of rotatable bonds is 34. The molecule has 8 atom stereocenters. The average molecular weight is 1090 g/mol. The number of amides is 7. The van der Waals surface area contributed by atoms with Crippen LogP contribution in [0, 0.1) is 0 Å². The van der Waals surface area contributed by atoms with E-state index in [9.17, 15) is 78.6 Å². The molecule has 28 nitrogen and oxygen atoms in total. The van der Waals surface area contributed by atoms with Gasteiger partial charge >= 0.3 is 17.9 Å².